The van der Waals surface area contributed by atoms with Crippen LogP contribution in [0.5, 0.6) is 0 Å². The van der Waals surface area contributed by atoms with E-state index in [1.165, 1.54) is 23.1 Å². The fourth-order valence-corrected chi connectivity index (χ4v) is 3.58. The molecule has 0 aliphatic heterocycles. The monoisotopic (exact) mass is 280 g/mol. The lowest BCUT2D eigenvalue weighted by Crippen LogP contribution is -2.26. The van der Waals surface area contributed by atoms with Crippen molar-refractivity contribution < 1.29 is 0 Å². The maximum Gasteiger partial charge on any atom is 0.271 e. The van der Waals surface area contributed by atoms with Gasteiger partial charge in [0.1, 0.15) is 27.7 Å². The fraction of sp³-hybridized carbons (Fsp3) is 0.364. The van der Waals surface area contributed by atoms with E-state index in [0.29, 0.717) is 34.7 Å². The first-order chi connectivity index (χ1) is 8.63. The molecule has 0 spiro atoms. The summed E-state index contributed by atoms with van der Waals surface area (Å²) in [5.41, 5.74) is 6.40. The van der Waals surface area contributed by atoms with E-state index < -0.39 is 0 Å². The molecule has 5 nitrogen and oxygen atoms in total. The number of hydrogen-bond donors (Lipinski definition) is 1. The van der Waals surface area contributed by atoms with Gasteiger partial charge in [0.25, 0.3) is 5.56 Å². The summed E-state index contributed by atoms with van der Waals surface area (Å²) >= 11 is 2.79. The lowest BCUT2D eigenvalue weighted by atomic mass is 10.3. The van der Waals surface area contributed by atoms with Gasteiger partial charge in [-0.05, 0) is 13.2 Å². The number of fused-ring (bicyclic) bond motifs is 1. The highest BCUT2D eigenvalue weighted by atomic mass is 32.2. The molecule has 0 radical (unpaired) electrons. The van der Waals surface area contributed by atoms with Crippen LogP contribution in [0.3, 0.4) is 0 Å². The molecule has 2 aromatic rings. The van der Waals surface area contributed by atoms with Crippen LogP contribution in [0, 0.1) is 18.3 Å². The van der Waals surface area contributed by atoms with E-state index in [1.807, 2.05) is 6.26 Å². The Kier molecular flexibility index (Phi) is 3.71. The highest BCUT2D eigenvalue weighted by molar-refractivity contribution is 8.00. The summed E-state index contributed by atoms with van der Waals surface area (Å²) in [7, 11) is 0. The van der Waals surface area contributed by atoms with Crippen molar-refractivity contribution in [3.05, 3.63) is 21.7 Å². The van der Waals surface area contributed by atoms with Gasteiger partial charge < -0.3 is 5.73 Å². The van der Waals surface area contributed by atoms with Crippen LogP contribution in [-0.4, -0.2) is 22.4 Å². The first-order valence-corrected chi connectivity index (χ1v) is 7.36. The number of aromatic nitrogens is 2. The zero-order valence-corrected chi connectivity index (χ0v) is 11.7. The third-order valence-corrected chi connectivity index (χ3v) is 4.89. The van der Waals surface area contributed by atoms with Crippen LogP contribution in [-0.2, 0) is 6.54 Å². The Morgan fingerprint density at radius 1 is 1.61 bits per heavy atom. The Morgan fingerprint density at radius 3 is 2.89 bits per heavy atom. The first-order valence-electron chi connectivity index (χ1n) is 5.32. The van der Waals surface area contributed by atoms with Crippen molar-refractivity contribution in [3.8, 4) is 6.07 Å². The third kappa shape index (κ3) is 1.92. The Labute approximate surface area is 112 Å². The van der Waals surface area contributed by atoms with Crippen LogP contribution < -0.4 is 11.3 Å². The van der Waals surface area contributed by atoms with Crippen molar-refractivity contribution in [2.45, 2.75) is 17.7 Å². The predicted molar refractivity (Wildman–Crippen MR) is 74.2 cm³/mol. The summed E-state index contributed by atoms with van der Waals surface area (Å²) < 4.78 is 2.93. The molecule has 0 amide bonds. The third-order valence-electron chi connectivity index (χ3n) is 2.60. The molecule has 18 heavy (non-hydrogen) atoms. The van der Waals surface area contributed by atoms with Crippen LogP contribution in [0.4, 0.5) is 0 Å². The summed E-state index contributed by atoms with van der Waals surface area (Å²) in [4.78, 5) is 16.7. The number of rotatable bonds is 3. The van der Waals surface area contributed by atoms with Gasteiger partial charge in [-0.25, -0.2) is 4.98 Å². The van der Waals surface area contributed by atoms with Crippen LogP contribution in [0.2, 0.25) is 0 Å². The summed E-state index contributed by atoms with van der Waals surface area (Å²) in [6, 6.07) is 2.13. The minimum Gasteiger partial charge on any atom is -0.329 e. The van der Waals surface area contributed by atoms with E-state index >= 15 is 0 Å². The van der Waals surface area contributed by atoms with Crippen LogP contribution in [0.25, 0.3) is 10.2 Å². The number of thiophene rings is 1. The van der Waals surface area contributed by atoms with Gasteiger partial charge in [-0.15, -0.1) is 23.1 Å². The highest BCUT2D eigenvalue weighted by Crippen LogP contribution is 2.33. The molecule has 0 saturated carbocycles. The maximum absolute atomic E-state index is 12.3. The van der Waals surface area contributed by atoms with Crippen molar-refractivity contribution in [3.63, 3.8) is 0 Å². The van der Waals surface area contributed by atoms with Crippen LogP contribution >= 0.6 is 23.1 Å². The molecule has 0 atom stereocenters. The molecule has 0 aliphatic carbocycles. The number of nitrogens with zero attached hydrogens (tertiary/aromatic N) is 3. The Morgan fingerprint density at radius 2 is 2.33 bits per heavy atom. The van der Waals surface area contributed by atoms with Gasteiger partial charge in [-0.3, -0.25) is 9.36 Å². The van der Waals surface area contributed by atoms with Crippen molar-refractivity contribution >= 4 is 33.3 Å². The Bertz CT molecular complexity index is 696. The summed E-state index contributed by atoms with van der Waals surface area (Å²) in [6.45, 7) is 2.59. The van der Waals surface area contributed by atoms with Crippen LogP contribution in [0.1, 0.15) is 11.4 Å². The average Bonchev–Trinajstić information content (AvgIpc) is 2.72. The second kappa shape index (κ2) is 5.10. The standard InChI is InChI=1S/C11H12N4OS2/c1-6-14-8-7(5-13)11(17-2)18-9(8)10(16)15(6)4-3-12/h3-4,12H2,1-2H3. The van der Waals surface area contributed by atoms with E-state index in [4.69, 9.17) is 11.0 Å². The van der Waals surface area contributed by atoms with Gasteiger partial charge in [0, 0.05) is 13.1 Å². The quantitative estimate of drug-likeness (QED) is 0.857. The number of hydrogen-bond acceptors (Lipinski definition) is 6. The molecule has 2 rings (SSSR count). The molecule has 0 saturated heterocycles. The van der Waals surface area contributed by atoms with Gasteiger partial charge in [0.15, 0.2) is 0 Å². The molecule has 0 fully saturated rings. The molecule has 7 heteroatoms. The highest BCUT2D eigenvalue weighted by Gasteiger charge is 2.17. The van der Waals surface area contributed by atoms with Gasteiger partial charge in [0.2, 0.25) is 0 Å². The van der Waals surface area contributed by atoms with Crippen molar-refractivity contribution in [1.82, 2.24) is 9.55 Å². The lowest BCUT2D eigenvalue weighted by molar-refractivity contribution is 0.649. The number of aryl methyl sites for hydroxylation is 1. The zero-order valence-electron chi connectivity index (χ0n) is 10.1. The molecular weight excluding hydrogens is 268 g/mol. The second-order valence-corrected chi connectivity index (χ2v) is 5.76. The Hall–Kier alpha value is -1.36. The zero-order chi connectivity index (χ0) is 13.3. The van der Waals surface area contributed by atoms with E-state index in [9.17, 15) is 4.79 Å². The summed E-state index contributed by atoms with van der Waals surface area (Å²) in [6.07, 6.45) is 1.89. The second-order valence-electron chi connectivity index (χ2n) is 3.66. The summed E-state index contributed by atoms with van der Waals surface area (Å²) in [5, 5.41) is 9.17. The minimum absolute atomic E-state index is 0.107. The van der Waals surface area contributed by atoms with E-state index in [2.05, 4.69) is 11.1 Å². The maximum atomic E-state index is 12.3. The van der Waals surface area contributed by atoms with Gasteiger partial charge in [-0.2, -0.15) is 5.26 Å². The van der Waals surface area contributed by atoms with Gasteiger partial charge in [0.05, 0.1) is 4.21 Å². The fourth-order valence-electron chi connectivity index (χ4n) is 1.78. The number of nitriles is 1. The van der Waals surface area contributed by atoms with E-state index in [-0.39, 0.29) is 5.56 Å². The molecule has 2 heterocycles. The summed E-state index contributed by atoms with van der Waals surface area (Å²) in [5.74, 6) is 0.597. The first kappa shape index (κ1) is 13.1. The SMILES string of the molecule is CSc1sc2c(=O)n(CCN)c(C)nc2c1C#N. The molecule has 0 bridgehead atoms. The predicted octanol–water partition coefficient (Wildman–Crippen LogP) is 1.32. The topological polar surface area (TPSA) is 84.7 Å². The molecule has 2 N–H and O–H groups in total. The van der Waals surface area contributed by atoms with E-state index in [0.717, 1.165) is 4.21 Å². The molecule has 0 unspecified atom stereocenters. The van der Waals surface area contributed by atoms with Gasteiger partial charge >= 0.3 is 0 Å². The molecular formula is C11H12N4OS2. The van der Waals surface area contributed by atoms with Crippen LogP contribution in [0.15, 0.2) is 9.00 Å². The number of thioether (sulfide) groups is 1. The minimum atomic E-state index is -0.107. The molecule has 94 valence electrons. The van der Waals surface area contributed by atoms with Crippen molar-refractivity contribution in [1.29, 1.82) is 5.26 Å². The van der Waals surface area contributed by atoms with Gasteiger partial charge in [-0.1, -0.05) is 0 Å². The Balaban J connectivity index is 2.85. The van der Waals surface area contributed by atoms with E-state index in [1.54, 1.807) is 11.5 Å². The van der Waals surface area contributed by atoms with Crippen molar-refractivity contribution in [2.24, 2.45) is 5.73 Å². The largest absolute Gasteiger partial charge is 0.329 e. The number of nitrogens with two attached hydrogens (primary N) is 1. The van der Waals surface area contributed by atoms with Crippen molar-refractivity contribution in [2.75, 3.05) is 12.8 Å². The molecule has 0 aliphatic rings. The molecule has 0 aromatic carbocycles. The smallest absolute Gasteiger partial charge is 0.271 e. The molecule has 2 aromatic heterocycles. The lowest BCUT2D eigenvalue weighted by Gasteiger charge is -2.07. The normalized spacial score (nSPS) is 10.8. The average molecular weight is 280 g/mol.